The molecule has 2 fully saturated rings. The predicted molar refractivity (Wildman–Crippen MR) is 97.2 cm³/mol. The molecule has 5 nitrogen and oxygen atoms in total. The first-order valence-electron chi connectivity index (χ1n) is 9.40. The molecule has 2 aromatic rings. The van der Waals surface area contributed by atoms with E-state index in [9.17, 15) is 0 Å². The average molecular weight is 341 g/mol. The molecule has 0 amide bonds. The van der Waals surface area contributed by atoms with E-state index >= 15 is 0 Å². The Bertz CT molecular complexity index is 644. The number of benzene rings is 1. The molecule has 2 aliphatic rings. The molecule has 0 radical (unpaired) electrons. The van der Waals surface area contributed by atoms with Crippen LogP contribution in [0.15, 0.2) is 40.9 Å². The molecule has 2 saturated heterocycles. The summed E-state index contributed by atoms with van der Waals surface area (Å²) in [6.07, 6.45) is 2.55. The molecular formula is C20H27N3O2. The lowest BCUT2D eigenvalue weighted by Gasteiger charge is -2.35. The molecule has 0 atom stereocenters. The zero-order valence-electron chi connectivity index (χ0n) is 14.8. The van der Waals surface area contributed by atoms with Gasteiger partial charge in [-0.25, -0.2) is 0 Å². The summed E-state index contributed by atoms with van der Waals surface area (Å²) < 4.78 is 11.0. The molecule has 0 spiro atoms. The van der Waals surface area contributed by atoms with Crippen LogP contribution in [0.1, 0.15) is 18.6 Å². The van der Waals surface area contributed by atoms with Crippen molar-refractivity contribution in [1.29, 1.82) is 0 Å². The van der Waals surface area contributed by atoms with E-state index in [1.54, 1.807) is 0 Å². The normalized spacial score (nSPS) is 20.8. The van der Waals surface area contributed by atoms with Crippen LogP contribution < -0.4 is 0 Å². The average Bonchev–Trinajstić information content (AvgIpc) is 3.14. The molecule has 0 bridgehead atoms. The minimum atomic E-state index is 0.823. The topological polar surface area (TPSA) is 41.7 Å². The fourth-order valence-corrected chi connectivity index (χ4v) is 3.83. The van der Waals surface area contributed by atoms with Crippen LogP contribution in [0.5, 0.6) is 0 Å². The summed E-state index contributed by atoms with van der Waals surface area (Å²) >= 11 is 0. The van der Waals surface area contributed by atoms with Gasteiger partial charge in [-0.3, -0.25) is 9.80 Å². The lowest BCUT2D eigenvalue weighted by Crippen LogP contribution is -2.42. The highest BCUT2D eigenvalue weighted by atomic mass is 16.5. The molecule has 1 aromatic carbocycles. The lowest BCUT2D eigenvalue weighted by atomic mass is 9.96. The molecule has 2 aliphatic heterocycles. The molecule has 3 heterocycles. The van der Waals surface area contributed by atoms with Crippen molar-refractivity contribution in [2.24, 2.45) is 5.92 Å². The van der Waals surface area contributed by atoms with E-state index < -0.39 is 0 Å². The largest absolute Gasteiger partial charge is 0.379 e. The number of ether oxygens (including phenoxy) is 1. The molecule has 0 saturated carbocycles. The van der Waals surface area contributed by atoms with Crippen molar-refractivity contribution in [3.63, 3.8) is 0 Å². The molecule has 4 rings (SSSR count). The first-order chi connectivity index (χ1) is 12.4. The molecular weight excluding hydrogens is 314 g/mol. The number of piperidine rings is 1. The Kier molecular flexibility index (Phi) is 5.45. The number of nitrogens with zero attached hydrogens (tertiary/aromatic N) is 3. The van der Waals surface area contributed by atoms with Gasteiger partial charge >= 0.3 is 0 Å². The van der Waals surface area contributed by atoms with Crippen molar-refractivity contribution in [1.82, 2.24) is 15.0 Å². The summed E-state index contributed by atoms with van der Waals surface area (Å²) in [7, 11) is 0. The molecule has 0 N–H and O–H groups in total. The van der Waals surface area contributed by atoms with Gasteiger partial charge in [0.25, 0.3) is 0 Å². The highest BCUT2D eigenvalue weighted by molar-refractivity contribution is 5.58. The van der Waals surface area contributed by atoms with Crippen molar-refractivity contribution >= 4 is 0 Å². The van der Waals surface area contributed by atoms with E-state index in [-0.39, 0.29) is 0 Å². The SMILES string of the molecule is c1ccc(-c2cc(CN3CCC(CN4CCOCC4)CC3)on2)cc1. The number of aromatic nitrogens is 1. The number of likely N-dealkylation sites (tertiary alicyclic amines) is 1. The summed E-state index contributed by atoms with van der Waals surface area (Å²) in [6, 6.07) is 12.3. The van der Waals surface area contributed by atoms with Crippen LogP contribution >= 0.6 is 0 Å². The number of morpholine rings is 1. The van der Waals surface area contributed by atoms with Crippen LogP contribution in [-0.4, -0.2) is 60.9 Å². The highest BCUT2D eigenvalue weighted by Crippen LogP contribution is 2.23. The molecule has 0 aliphatic carbocycles. The van der Waals surface area contributed by atoms with E-state index in [2.05, 4.69) is 33.2 Å². The third kappa shape index (κ3) is 4.48. The van der Waals surface area contributed by atoms with Crippen molar-refractivity contribution in [3.05, 3.63) is 42.2 Å². The maximum absolute atomic E-state index is 5.56. The van der Waals surface area contributed by atoms with Crippen molar-refractivity contribution in [2.75, 3.05) is 45.9 Å². The summed E-state index contributed by atoms with van der Waals surface area (Å²) in [5.41, 5.74) is 2.04. The molecule has 134 valence electrons. The minimum absolute atomic E-state index is 0.823. The zero-order chi connectivity index (χ0) is 16.9. The van der Waals surface area contributed by atoms with Crippen molar-refractivity contribution in [2.45, 2.75) is 19.4 Å². The second-order valence-electron chi connectivity index (χ2n) is 7.18. The highest BCUT2D eigenvalue weighted by Gasteiger charge is 2.23. The Morgan fingerprint density at radius 1 is 0.960 bits per heavy atom. The molecule has 0 unspecified atom stereocenters. The standard InChI is InChI=1S/C20H27N3O2/c1-2-4-18(5-3-1)20-14-19(25-21-20)16-22-8-6-17(7-9-22)15-23-10-12-24-13-11-23/h1-5,14,17H,6-13,15-16H2. The van der Waals surface area contributed by atoms with Gasteiger partial charge in [-0.05, 0) is 31.8 Å². The monoisotopic (exact) mass is 341 g/mol. The summed E-state index contributed by atoms with van der Waals surface area (Å²) in [4.78, 5) is 5.05. The van der Waals surface area contributed by atoms with Gasteiger partial charge in [0, 0.05) is 31.3 Å². The van der Waals surface area contributed by atoms with Crippen LogP contribution in [0.4, 0.5) is 0 Å². The van der Waals surface area contributed by atoms with Crippen molar-refractivity contribution < 1.29 is 9.26 Å². The summed E-state index contributed by atoms with van der Waals surface area (Å²) in [5.74, 6) is 1.79. The van der Waals surface area contributed by atoms with Crippen LogP contribution in [0.25, 0.3) is 11.3 Å². The maximum Gasteiger partial charge on any atom is 0.151 e. The second kappa shape index (κ2) is 8.13. The van der Waals surface area contributed by atoms with E-state index in [0.717, 1.165) is 68.9 Å². The van der Waals surface area contributed by atoms with Gasteiger partial charge in [0.2, 0.25) is 0 Å². The van der Waals surface area contributed by atoms with Crippen LogP contribution in [0.2, 0.25) is 0 Å². The first-order valence-corrected chi connectivity index (χ1v) is 9.40. The third-order valence-corrected chi connectivity index (χ3v) is 5.34. The van der Waals surface area contributed by atoms with Gasteiger partial charge in [-0.15, -0.1) is 0 Å². The second-order valence-corrected chi connectivity index (χ2v) is 7.18. The van der Waals surface area contributed by atoms with E-state index in [1.165, 1.54) is 19.4 Å². The Labute approximate surface area is 149 Å². The Hall–Kier alpha value is -1.69. The Morgan fingerprint density at radius 2 is 1.72 bits per heavy atom. The number of hydrogen-bond donors (Lipinski definition) is 0. The van der Waals surface area contributed by atoms with Crippen LogP contribution in [0.3, 0.4) is 0 Å². The quantitative estimate of drug-likeness (QED) is 0.836. The molecule has 25 heavy (non-hydrogen) atoms. The van der Waals surface area contributed by atoms with Gasteiger partial charge in [-0.2, -0.15) is 0 Å². The van der Waals surface area contributed by atoms with E-state index in [0.29, 0.717) is 0 Å². The first kappa shape index (κ1) is 16.8. The van der Waals surface area contributed by atoms with Gasteiger partial charge in [0.05, 0.1) is 19.8 Å². The fraction of sp³-hybridized carbons (Fsp3) is 0.550. The summed E-state index contributed by atoms with van der Waals surface area (Å²) in [5, 5.41) is 4.22. The number of rotatable bonds is 5. The minimum Gasteiger partial charge on any atom is -0.379 e. The number of hydrogen-bond acceptors (Lipinski definition) is 5. The molecule has 5 heteroatoms. The predicted octanol–water partition coefficient (Wildman–Crippen LogP) is 2.89. The van der Waals surface area contributed by atoms with Gasteiger partial charge in [-0.1, -0.05) is 35.5 Å². The Morgan fingerprint density at radius 3 is 2.48 bits per heavy atom. The van der Waals surface area contributed by atoms with Gasteiger partial charge in [0.1, 0.15) is 5.69 Å². The van der Waals surface area contributed by atoms with Gasteiger partial charge in [0.15, 0.2) is 5.76 Å². The fourth-order valence-electron chi connectivity index (χ4n) is 3.83. The molecule has 1 aromatic heterocycles. The zero-order valence-corrected chi connectivity index (χ0v) is 14.8. The van der Waals surface area contributed by atoms with Crippen LogP contribution in [0, 0.1) is 5.92 Å². The summed E-state index contributed by atoms with van der Waals surface area (Å²) in [6.45, 7) is 8.39. The van der Waals surface area contributed by atoms with Crippen molar-refractivity contribution in [3.8, 4) is 11.3 Å². The van der Waals surface area contributed by atoms with E-state index in [4.69, 9.17) is 9.26 Å². The maximum atomic E-state index is 5.56. The van der Waals surface area contributed by atoms with Gasteiger partial charge < -0.3 is 9.26 Å². The smallest absolute Gasteiger partial charge is 0.151 e. The van der Waals surface area contributed by atoms with E-state index in [1.807, 2.05) is 18.2 Å². The van der Waals surface area contributed by atoms with Crippen LogP contribution in [-0.2, 0) is 11.3 Å². The Balaban J connectivity index is 1.25. The lowest BCUT2D eigenvalue weighted by molar-refractivity contribution is 0.0238. The third-order valence-electron chi connectivity index (χ3n) is 5.34.